The number of aromatic hydroxyl groups is 4. The molecule has 1 aromatic heterocycles. The van der Waals surface area contributed by atoms with Gasteiger partial charge in [0.1, 0.15) is 77.1 Å². The monoisotopic (exact) mass is 580 g/mol. The van der Waals surface area contributed by atoms with Crippen molar-refractivity contribution >= 4 is 11.0 Å². The Balaban J connectivity index is 1.59. The Morgan fingerprint density at radius 2 is 1.59 bits per heavy atom. The van der Waals surface area contributed by atoms with Gasteiger partial charge in [-0.05, 0) is 18.2 Å². The average Bonchev–Trinajstić information content (AvgIpc) is 2.93. The SMILES string of the molecule is O=c1cc(-c2ccc(O)c(O)c2)oc2cc(O)c(C3OC(CO)C(O)C(O)C3OC3OCC(O)C(O)C3O)c(O)c12. The molecule has 2 aromatic carbocycles. The van der Waals surface area contributed by atoms with Crippen LogP contribution in [0, 0.1) is 0 Å². The number of fused-ring (bicyclic) bond motifs is 1. The molecule has 15 nitrogen and oxygen atoms in total. The highest BCUT2D eigenvalue weighted by Crippen LogP contribution is 2.46. The van der Waals surface area contributed by atoms with Crippen LogP contribution < -0.4 is 5.43 Å². The summed E-state index contributed by atoms with van der Waals surface area (Å²) in [6.07, 6.45) is -15.1. The first-order valence-electron chi connectivity index (χ1n) is 12.4. The molecule has 0 bridgehead atoms. The number of rotatable bonds is 5. The summed E-state index contributed by atoms with van der Waals surface area (Å²) in [5.41, 5.74) is -1.41. The van der Waals surface area contributed by atoms with Gasteiger partial charge in [-0.1, -0.05) is 0 Å². The van der Waals surface area contributed by atoms with E-state index in [0.29, 0.717) is 0 Å². The molecule has 10 N–H and O–H groups in total. The molecule has 2 fully saturated rings. The summed E-state index contributed by atoms with van der Waals surface area (Å²) in [5.74, 6) is -2.55. The van der Waals surface area contributed by atoms with Gasteiger partial charge in [-0.3, -0.25) is 4.79 Å². The summed E-state index contributed by atoms with van der Waals surface area (Å²) in [6.45, 7) is -1.28. The van der Waals surface area contributed by atoms with Crippen molar-refractivity contribution in [1.82, 2.24) is 0 Å². The fourth-order valence-electron chi connectivity index (χ4n) is 4.93. The summed E-state index contributed by atoms with van der Waals surface area (Å²) < 4.78 is 22.2. The molecule has 0 amide bonds. The van der Waals surface area contributed by atoms with E-state index in [1.165, 1.54) is 6.07 Å². The first-order chi connectivity index (χ1) is 19.4. The van der Waals surface area contributed by atoms with E-state index in [1.54, 1.807) is 0 Å². The van der Waals surface area contributed by atoms with Gasteiger partial charge in [-0.25, -0.2) is 0 Å². The van der Waals surface area contributed by atoms with E-state index in [0.717, 1.165) is 24.3 Å². The Bertz CT molecular complexity index is 1490. The lowest BCUT2D eigenvalue weighted by atomic mass is 9.89. The molecule has 0 saturated carbocycles. The quantitative estimate of drug-likeness (QED) is 0.150. The lowest BCUT2D eigenvalue weighted by molar-refractivity contribution is -0.325. The van der Waals surface area contributed by atoms with Crippen LogP contribution in [0.15, 0.2) is 39.5 Å². The molecule has 3 heterocycles. The van der Waals surface area contributed by atoms with E-state index in [9.17, 15) is 55.9 Å². The largest absolute Gasteiger partial charge is 0.507 e. The molecule has 3 aromatic rings. The third kappa shape index (κ3) is 5.07. The van der Waals surface area contributed by atoms with Crippen LogP contribution in [0.25, 0.3) is 22.3 Å². The summed E-state index contributed by atoms with van der Waals surface area (Å²) >= 11 is 0. The third-order valence-corrected chi connectivity index (χ3v) is 7.17. The number of aliphatic hydroxyl groups excluding tert-OH is 6. The summed E-state index contributed by atoms with van der Waals surface area (Å²) in [7, 11) is 0. The summed E-state index contributed by atoms with van der Waals surface area (Å²) in [5, 5.41) is 102. The van der Waals surface area contributed by atoms with Crippen LogP contribution in [-0.4, -0.2) is 113 Å². The van der Waals surface area contributed by atoms with E-state index < -0.39 is 108 Å². The van der Waals surface area contributed by atoms with Crippen molar-refractivity contribution in [3.63, 3.8) is 0 Å². The highest BCUT2D eigenvalue weighted by Gasteiger charge is 2.50. The summed E-state index contributed by atoms with van der Waals surface area (Å²) in [4.78, 5) is 13.1. The predicted molar refractivity (Wildman–Crippen MR) is 134 cm³/mol. The maximum absolute atomic E-state index is 13.1. The lowest BCUT2D eigenvalue weighted by Crippen LogP contribution is -2.60. The molecule has 15 heteroatoms. The highest BCUT2D eigenvalue weighted by molar-refractivity contribution is 5.88. The Kier molecular flexibility index (Phi) is 7.82. The third-order valence-electron chi connectivity index (χ3n) is 7.17. The maximum atomic E-state index is 13.1. The molecule has 2 saturated heterocycles. The average molecular weight is 580 g/mol. The van der Waals surface area contributed by atoms with E-state index in [-0.39, 0.29) is 16.9 Å². The molecule has 9 atom stereocenters. The number of ether oxygens (including phenoxy) is 3. The zero-order valence-electron chi connectivity index (χ0n) is 21.0. The molecule has 2 aliphatic heterocycles. The molecule has 2 aliphatic rings. The summed E-state index contributed by atoms with van der Waals surface area (Å²) in [6, 6.07) is 5.60. The molecule has 222 valence electrons. The maximum Gasteiger partial charge on any atom is 0.197 e. The van der Waals surface area contributed by atoms with Gasteiger partial charge >= 0.3 is 0 Å². The minimum atomic E-state index is -1.87. The van der Waals surface area contributed by atoms with Crippen molar-refractivity contribution in [2.24, 2.45) is 0 Å². The topological polar surface area (TPSA) is 260 Å². The van der Waals surface area contributed by atoms with Crippen molar-refractivity contribution in [3.05, 3.63) is 46.1 Å². The molecular weight excluding hydrogens is 552 g/mol. The van der Waals surface area contributed by atoms with Crippen molar-refractivity contribution in [3.8, 4) is 34.3 Å². The first kappa shape index (κ1) is 29.0. The number of phenols is 4. The zero-order chi connectivity index (χ0) is 29.7. The van der Waals surface area contributed by atoms with Gasteiger partial charge in [0, 0.05) is 17.7 Å². The van der Waals surface area contributed by atoms with Gasteiger partial charge in [0.15, 0.2) is 23.2 Å². The van der Waals surface area contributed by atoms with Gasteiger partial charge in [0.2, 0.25) is 0 Å². The number of phenolic OH excluding ortho intramolecular Hbond substituents is 4. The Hall–Kier alpha value is -3.51. The Labute approximate surface area is 229 Å². The highest BCUT2D eigenvalue weighted by atomic mass is 16.7. The molecule has 5 rings (SSSR count). The second-order valence-electron chi connectivity index (χ2n) is 9.82. The molecule has 41 heavy (non-hydrogen) atoms. The van der Waals surface area contributed by atoms with Crippen molar-refractivity contribution in [2.75, 3.05) is 13.2 Å². The van der Waals surface area contributed by atoms with Gasteiger partial charge in [-0.2, -0.15) is 0 Å². The van der Waals surface area contributed by atoms with Crippen molar-refractivity contribution < 1.29 is 69.7 Å². The smallest absolute Gasteiger partial charge is 0.197 e. The van der Waals surface area contributed by atoms with Crippen LogP contribution in [0.3, 0.4) is 0 Å². The molecular formula is C26H28O15. The van der Waals surface area contributed by atoms with Crippen LogP contribution >= 0.6 is 0 Å². The normalized spacial score (nSPS) is 32.3. The van der Waals surface area contributed by atoms with Crippen molar-refractivity contribution in [1.29, 1.82) is 0 Å². The number of hydrogen-bond donors (Lipinski definition) is 10. The zero-order valence-corrected chi connectivity index (χ0v) is 21.0. The molecule has 9 unspecified atom stereocenters. The van der Waals surface area contributed by atoms with E-state index >= 15 is 0 Å². The second kappa shape index (κ2) is 11.1. The van der Waals surface area contributed by atoms with Gasteiger partial charge in [0.25, 0.3) is 0 Å². The Morgan fingerprint density at radius 3 is 2.27 bits per heavy atom. The van der Waals surface area contributed by atoms with Gasteiger partial charge in [0.05, 0.1) is 18.8 Å². The molecule has 0 spiro atoms. The fraction of sp³-hybridized carbons (Fsp3) is 0.423. The van der Waals surface area contributed by atoms with E-state index in [4.69, 9.17) is 18.6 Å². The lowest BCUT2D eigenvalue weighted by Gasteiger charge is -2.45. The predicted octanol–water partition coefficient (Wildman–Crippen LogP) is -1.74. The van der Waals surface area contributed by atoms with Gasteiger partial charge < -0.3 is 69.7 Å². The van der Waals surface area contributed by atoms with E-state index in [1.807, 2.05) is 0 Å². The first-order valence-corrected chi connectivity index (χ1v) is 12.4. The van der Waals surface area contributed by atoms with Gasteiger partial charge in [-0.15, -0.1) is 0 Å². The van der Waals surface area contributed by atoms with Crippen LogP contribution in [0.1, 0.15) is 11.7 Å². The van der Waals surface area contributed by atoms with Crippen LogP contribution in [-0.2, 0) is 14.2 Å². The fourth-order valence-corrected chi connectivity index (χ4v) is 4.93. The minimum Gasteiger partial charge on any atom is -0.507 e. The molecule has 0 radical (unpaired) electrons. The van der Waals surface area contributed by atoms with Crippen molar-refractivity contribution in [2.45, 2.75) is 55.1 Å². The number of aliphatic hydroxyl groups is 6. The molecule has 0 aliphatic carbocycles. The minimum absolute atomic E-state index is 0.0810. The van der Waals surface area contributed by atoms with Crippen LogP contribution in [0.2, 0.25) is 0 Å². The second-order valence-corrected chi connectivity index (χ2v) is 9.82. The number of benzene rings is 2. The Morgan fingerprint density at radius 1 is 0.854 bits per heavy atom. The van der Waals surface area contributed by atoms with Crippen LogP contribution in [0.5, 0.6) is 23.0 Å². The number of hydrogen-bond acceptors (Lipinski definition) is 15. The van der Waals surface area contributed by atoms with E-state index in [2.05, 4.69) is 0 Å². The van der Waals surface area contributed by atoms with Crippen LogP contribution in [0.4, 0.5) is 0 Å². The standard InChI is InChI=1S/C26H28O15/c27-6-16-20(34)22(36)25(41-26-23(37)19(33)13(32)7-38-26)24(40-16)18-12(31)5-15-17(21(18)35)11(30)4-14(39-15)8-1-2-9(28)10(29)3-8/h1-5,13,16,19-20,22-29,31-37H,6-7H2.